The second-order valence-corrected chi connectivity index (χ2v) is 4.86. The van der Waals surface area contributed by atoms with Gasteiger partial charge in [0, 0.05) is 29.2 Å². The molecule has 3 aromatic heterocycles. The van der Waals surface area contributed by atoms with E-state index in [1.165, 1.54) is 0 Å². The average Bonchev–Trinajstić information content (AvgIpc) is 2.60. The lowest BCUT2D eigenvalue weighted by molar-refractivity contribution is 0.302. The Morgan fingerprint density at radius 2 is 1.91 bits per heavy atom. The first-order valence-corrected chi connectivity index (χ1v) is 6.77. The van der Waals surface area contributed by atoms with Gasteiger partial charge in [-0.05, 0) is 30.3 Å². The van der Waals surface area contributed by atoms with Gasteiger partial charge >= 0.3 is 0 Å². The summed E-state index contributed by atoms with van der Waals surface area (Å²) in [6.45, 7) is 0. The average molecular weight is 289 g/mol. The van der Waals surface area contributed by atoms with E-state index in [2.05, 4.69) is 15.1 Å². The molecule has 4 rings (SSSR count). The van der Waals surface area contributed by atoms with E-state index in [0.717, 1.165) is 16.3 Å². The lowest BCUT2D eigenvalue weighted by atomic mass is 10.1. The van der Waals surface area contributed by atoms with E-state index < -0.39 is 0 Å². The second kappa shape index (κ2) is 4.96. The topological polar surface area (TPSA) is 71.5 Å². The van der Waals surface area contributed by atoms with Crippen LogP contribution in [0.3, 0.4) is 0 Å². The molecule has 0 bridgehead atoms. The normalized spacial score (nSPS) is 12.1. The molecule has 0 fully saturated rings. The highest BCUT2D eigenvalue weighted by atomic mass is 16.4. The number of aromatic nitrogens is 2. The van der Waals surface area contributed by atoms with Crippen molar-refractivity contribution < 1.29 is 9.62 Å². The summed E-state index contributed by atoms with van der Waals surface area (Å²) in [5.74, 6) is 0.527. The maximum Gasteiger partial charge on any atom is 0.155 e. The Hall–Kier alpha value is -3.21. The summed E-state index contributed by atoms with van der Waals surface area (Å²) in [4.78, 5) is 8.72. The molecule has 3 heterocycles. The third-order valence-electron chi connectivity index (χ3n) is 3.50. The highest BCUT2D eigenvalue weighted by Gasteiger charge is 2.08. The lowest BCUT2D eigenvalue weighted by Crippen LogP contribution is -2.03. The van der Waals surface area contributed by atoms with Crippen LogP contribution in [0.5, 0.6) is 0 Å². The standard InChI is InChI=1S/C17H11N3O2/c21-20-14-9-17(22-16-6-2-1-5-12(14)16)15-8-13-11(10-19-15)4-3-7-18-13/h1-10,21H/b20-14-. The van der Waals surface area contributed by atoms with Crippen molar-refractivity contribution in [3.05, 3.63) is 66.3 Å². The maximum atomic E-state index is 9.23. The molecule has 1 N–H and O–H groups in total. The van der Waals surface area contributed by atoms with Crippen molar-refractivity contribution in [2.24, 2.45) is 5.16 Å². The van der Waals surface area contributed by atoms with Crippen LogP contribution in [0.4, 0.5) is 0 Å². The van der Waals surface area contributed by atoms with Gasteiger partial charge in [0.05, 0.1) is 5.52 Å². The number of hydrogen-bond donors (Lipinski definition) is 1. The van der Waals surface area contributed by atoms with Crippen LogP contribution in [0.25, 0.3) is 33.3 Å². The van der Waals surface area contributed by atoms with E-state index in [9.17, 15) is 5.21 Å². The van der Waals surface area contributed by atoms with Crippen LogP contribution >= 0.6 is 0 Å². The summed E-state index contributed by atoms with van der Waals surface area (Å²) in [6, 6.07) is 14.7. The van der Waals surface area contributed by atoms with Crippen molar-refractivity contribution in [1.29, 1.82) is 0 Å². The zero-order valence-corrected chi connectivity index (χ0v) is 11.5. The van der Waals surface area contributed by atoms with E-state index in [1.807, 2.05) is 42.5 Å². The van der Waals surface area contributed by atoms with Gasteiger partial charge in [-0.25, -0.2) is 0 Å². The molecule has 0 aliphatic heterocycles. The summed E-state index contributed by atoms with van der Waals surface area (Å²) in [7, 11) is 0. The monoisotopic (exact) mass is 289 g/mol. The van der Waals surface area contributed by atoms with Crippen molar-refractivity contribution in [1.82, 2.24) is 9.97 Å². The van der Waals surface area contributed by atoms with E-state index in [4.69, 9.17) is 4.42 Å². The van der Waals surface area contributed by atoms with Crippen molar-refractivity contribution in [3.63, 3.8) is 0 Å². The number of pyridine rings is 2. The number of para-hydroxylation sites is 1. The molecule has 0 saturated carbocycles. The molecule has 0 aliphatic carbocycles. The van der Waals surface area contributed by atoms with Gasteiger partial charge in [-0.2, -0.15) is 0 Å². The highest BCUT2D eigenvalue weighted by molar-refractivity contribution is 5.82. The minimum Gasteiger partial charge on any atom is -0.454 e. The number of rotatable bonds is 1. The van der Waals surface area contributed by atoms with Gasteiger partial charge in [0.25, 0.3) is 0 Å². The maximum absolute atomic E-state index is 9.23. The molecule has 0 radical (unpaired) electrons. The molecule has 0 saturated heterocycles. The van der Waals surface area contributed by atoms with E-state index in [1.54, 1.807) is 18.5 Å². The Bertz CT molecular complexity index is 1050. The second-order valence-electron chi connectivity index (χ2n) is 4.86. The van der Waals surface area contributed by atoms with E-state index >= 15 is 0 Å². The summed E-state index contributed by atoms with van der Waals surface area (Å²) in [6.07, 6.45) is 3.48. The zero-order chi connectivity index (χ0) is 14.9. The molecule has 106 valence electrons. The minimum absolute atomic E-state index is 0.444. The molecule has 4 aromatic rings. The Morgan fingerprint density at radius 3 is 2.82 bits per heavy atom. The molecular formula is C17H11N3O2. The molecule has 5 heteroatoms. The molecule has 5 nitrogen and oxygen atoms in total. The van der Waals surface area contributed by atoms with Gasteiger partial charge in [0.1, 0.15) is 16.6 Å². The molecule has 0 amide bonds. The summed E-state index contributed by atoms with van der Waals surface area (Å²) >= 11 is 0. The Kier molecular flexibility index (Phi) is 2.83. The van der Waals surface area contributed by atoms with Crippen LogP contribution < -0.4 is 5.36 Å². The van der Waals surface area contributed by atoms with E-state index in [0.29, 0.717) is 22.4 Å². The van der Waals surface area contributed by atoms with Crippen LogP contribution in [0.2, 0.25) is 0 Å². The fourth-order valence-electron chi connectivity index (χ4n) is 2.43. The zero-order valence-electron chi connectivity index (χ0n) is 11.5. The lowest BCUT2D eigenvalue weighted by Gasteiger charge is -2.04. The number of nitrogens with zero attached hydrogens (tertiary/aromatic N) is 3. The van der Waals surface area contributed by atoms with Crippen LogP contribution in [0.15, 0.2) is 70.5 Å². The first-order valence-electron chi connectivity index (χ1n) is 6.77. The third kappa shape index (κ3) is 2.00. The predicted octanol–water partition coefficient (Wildman–Crippen LogP) is 3.33. The molecule has 1 aromatic carbocycles. The largest absolute Gasteiger partial charge is 0.454 e. The van der Waals surface area contributed by atoms with Gasteiger partial charge in [0.2, 0.25) is 0 Å². The fraction of sp³-hybridized carbons (Fsp3) is 0. The van der Waals surface area contributed by atoms with Crippen LogP contribution in [0, 0.1) is 0 Å². The van der Waals surface area contributed by atoms with Gasteiger partial charge in [0.15, 0.2) is 5.76 Å². The Labute approximate surface area is 125 Å². The molecule has 0 atom stereocenters. The van der Waals surface area contributed by atoms with Crippen LogP contribution in [0.1, 0.15) is 0 Å². The highest BCUT2D eigenvalue weighted by Crippen LogP contribution is 2.22. The Balaban J connectivity index is 1.99. The first kappa shape index (κ1) is 12.5. The van der Waals surface area contributed by atoms with Gasteiger partial charge in [-0.15, -0.1) is 0 Å². The smallest absolute Gasteiger partial charge is 0.155 e. The van der Waals surface area contributed by atoms with Crippen molar-refractivity contribution >= 4 is 21.9 Å². The molecular weight excluding hydrogens is 278 g/mol. The van der Waals surface area contributed by atoms with Crippen molar-refractivity contribution in [2.45, 2.75) is 0 Å². The molecule has 22 heavy (non-hydrogen) atoms. The van der Waals surface area contributed by atoms with E-state index in [-0.39, 0.29) is 0 Å². The quantitative estimate of drug-likeness (QED) is 0.431. The molecule has 0 aliphatic rings. The van der Waals surface area contributed by atoms with Crippen molar-refractivity contribution in [3.8, 4) is 11.5 Å². The molecule has 0 unspecified atom stereocenters. The number of benzene rings is 1. The minimum atomic E-state index is 0.444. The number of hydrogen-bond acceptors (Lipinski definition) is 5. The van der Waals surface area contributed by atoms with Gasteiger partial charge in [-0.1, -0.05) is 17.3 Å². The van der Waals surface area contributed by atoms with Crippen LogP contribution in [-0.2, 0) is 0 Å². The fourth-order valence-corrected chi connectivity index (χ4v) is 2.43. The third-order valence-corrected chi connectivity index (χ3v) is 3.50. The first-order chi connectivity index (χ1) is 10.8. The van der Waals surface area contributed by atoms with Gasteiger partial charge in [-0.3, -0.25) is 9.97 Å². The summed E-state index contributed by atoms with van der Waals surface area (Å²) < 4.78 is 5.88. The summed E-state index contributed by atoms with van der Waals surface area (Å²) in [5, 5.41) is 14.7. The Morgan fingerprint density at radius 1 is 1.00 bits per heavy atom. The SMILES string of the molecule is O/N=c1/cc(-c2cc3ncccc3cn2)oc2ccccc12. The van der Waals surface area contributed by atoms with Gasteiger partial charge < -0.3 is 9.62 Å². The predicted molar refractivity (Wildman–Crippen MR) is 82.1 cm³/mol. The van der Waals surface area contributed by atoms with Crippen molar-refractivity contribution in [2.75, 3.05) is 0 Å². The molecule has 0 spiro atoms. The number of fused-ring (bicyclic) bond motifs is 2. The van der Waals surface area contributed by atoms with Crippen LogP contribution in [-0.4, -0.2) is 15.2 Å². The summed E-state index contributed by atoms with van der Waals surface area (Å²) in [5.41, 5.74) is 2.11.